The van der Waals surface area contributed by atoms with Gasteiger partial charge in [-0.1, -0.05) is 0 Å². The van der Waals surface area contributed by atoms with Gasteiger partial charge in [-0.25, -0.2) is 9.78 Å². The molecule has 2 aromatic heterocycles. The van der Waals surface area contributed by atoms with Crippen LogP contribution in [0.4, 0.5) is 16.6 Å². The molecule has 29 heavy (non-hydrogen) atoms. The molecule has 1 unspecified atom stereocenters. The number of hydrogen-bond donors (Lipinski definition) is 1. The number of aryl methyl sites for hydroxylation is 2. The van der Waals surface area contributed by atoms with Crippen molar-refractivity contribution in [3.05, 3.63) is 40.8 Å². The molecule has 152 valence electrons. The van der Waals surface area contributed by atoms with Crippen molar-refractivity contribution in [3.63, 3.8) is 0 Å². The van der Waals surface area contributed by atoms with Crippen LogP contribution in [0, 0.1) is 13.8 Å². The minimum absolute atomic E-state index is 0.132. The van der Waals surface area contributed by atoms with Crippen LogP contribution in [0.15, 0.2) is 18.3 Å². The van der Waals surface area contributed by atoms with Gasteiger partial charge in [0.1, 0.15) is 5.82 Å². The number of rotatable bonds is 4. The molecule has 2 saturated heterocycles. The van der Waals surface area contributed by atoms with Crippen LogP contribution < -0.4 is 10.2 Å². The zero-order valence-electron chi connectivity index (χ0n) is 17.2. The van der Waals surface area contributed by atoms with E-state index in [2.05, 4.69) is 33.2 Å². The maximum absolute atomic E-state index is 13.3. The highest BCUT2D eigenvalue weighted by molar-refractivity contribution is 5.78. The number of fused-ring (bicyclic) bond motifs is 3. The van der Waals surface area contributed by atoms with Crippen molar-refractivity contribution in [2.45, 2.75) is 45.8 Å². The smallest absolute Gasteiger partial charge is 0.321 e. The van der Waals surface area contributed by atoms with E-state index >= 15 is 0 Å². The Hall–Kier alpha value is -2.90. The van der Waals surface area contributed by atoms with Crippen molar-refractivity contribution >= 4 is 17.8 Å². The molecule has 2 amide bonds. The average Bonchev–Trinajstić information content (AvgIpc) is 3.03. The molecule has 8 nitrogen and oxygen atoms in total. The Bertz CT molecular complexity index is 956. The minimum atomic E-state index is 0.132. The fourth-order valence-electron chi connectivity index (χ4n) is 4.76. The van der Waals surface area contributed by atoms with Gasteiger partial charge in [0.05, 0.1) is 24.3 Å². The summed E-state index contributed by atoms with van der Waals surface area (Å²) >= 11 is 0. The Morgan fingerprint density at radius 3 is 2.83 bits per heavy atom. The second kappa shape index (κ2) is 6.86. The first kappa shape index (κ1) is 18.1. The zero-order valence-corrected chi connectivity index (χ0v) is 17.2. The Labute approximate surface area is 171 Å². The molecule has 0 radical (unpaired) electrons. The second-order valence-corrected chi connectivity index (χ2v) is 8.18. The molecule has 5 rings (SSSR count). The van der Waals surface area contributed by atoms with Crippen molar-refractivity contribution < 1.29 is 4.79 Å². The van der Waals surface area contributed by atoms with E-state index < -0.39 is 0 Å². The summed E-state index contributed by atoms with van der Waals surface area (Å²) in [5, 5.41) is 3.15. The number of anilines is 2. The van der Waals surface area contributed by atoms with Gasteiger partial charge in [-0.3, -0.25) is 4.98 Å². The number of carbonyl (C=O) groups is 1. The molecule has 8 heteroatoms. The molecule has 2 aromatic rings. The molecule has 3 aliphatic heterocycles. The highest BCUT2D eigenvalue weighted by Gasteiger charge is 2.45. The van der Waals surface area contributed by atoms with Gasteiger partial charge in [0, 0.05) is 38.1 Å². The minimum Gasteiger partial charge on any atom is -0.354 e. The third-order valence-electron chi connectivity index (χ3n) is 6.27. The largest absolute Gasteiger partial charge is 0.354 e. The van der Waals surface area contributed by atoms with E-state index in [1.807, 2.05) is 29.7 Å². The number of urea groups is 1. The maximum atomic E-state index is 13.3. The van der Waals surface area contributed by atoms with Crippen LogP contribution in [0.1, 0.15) is 41.9 Å². The third kappa shape index (κ3) is 2.97. The molecular formula is C21H27N7O. The molecular weight excluding hydrogens is 366 g/mol. The summed E-state index contributed by atoms with van der Waals surface area (Å²) in [6, 6.07) is 4.57. The first-order chi connectivity index (χ1) is 14.0. The lowest BCUT2D eigenvalue weighted by molar-refractivity contribution is 0.0756. The summed E-state index contributed by atoms with van der Waals surface area (Å²) in [6.45, 7) is 10.1. The van der Waals surface area contributed by atoms with Crippen LogP contribution in [0.2, 0.25) is 0 Å². The number of hydrogen-bond acceptors (Lipinski definition) is 6. The van der Waals surface area contributed by atoms with Crippen LogP contribution in [-0.4, -0.2) is 63.0 Å². The lowest BCUT2D eigenvalue weighted by Gasteiger charge is -2.49. The van der Waals surface area contributed by atoms with Crippen molar-refractivity contribution in [2.24, 2.45) is 0 Å². The lowest BCUT2D eigenvalue weighted by atomic mass is 10.0. The van der Waals surface area contributed by atoms with E-state index in [0.717, 1.165) is 49.8 Å². The van der Waals surface area contributed by atoms with Crippen molar-refractivity contribution in [3.8, 4) is 0 Å². The highest BCUT2D eigenvalue weighted by atomic mass is 16.2. The first-order valence-corrected chi connectivity index (χ1v) is 10.4. The van der Waals surface area contributed by atoms with Crippen LogP contribution in [0.25, 0.3) is 0 Å². The number of nitrogens with one attached hydrogen (secondary N) is 1. The van der Waals surface area contributed by atoms with E-state index in [4.69, 9.17) is 4.98 Å². The average molecular weight is 393 g/mol. The molecule has 3 aliphatic rings. The molecule has 0 saturated carbocycles. The predicted molar refractivity (Wildman–Crippen MR) is 111 cm³/mol. The number of pyridine rings is 1. The van der Waals surface area contributed by atoms with Crippen molar-refractivity contribution in [2.75, 3.05) is 36.4 Å². The summed E-state index contributed by atoms with van der Waals surface area (Å²) in [4.78, 5) is 33.1. The normalized spacial score (nSPS) is 21.1. The molecule has 2 fully saturated rings. The summed E-state index contributed by atoms with van der Waals surface area (Å²) in [5.74, 6) is 1.57. The molecule has 1 atom stereocenters. The molecule has 0 spiro atoms. The van der Waals surface area contributed by atoms with E-state index in [0.29, 0.717) is 12.5 Å². The topological polar surface area (TPSA) is 77.5 Å². The summed E-state index contributed by atoms with van der Waals surface area (Å²) < 4.78 is 0. The third-order valence-corrected chi connectivity index (χ3v) is 6.27. The van der Waals surface area contributed by atoms with E-state index in [1.54, 1.807) is 6.20 Å². The number of amides is 2. The Morgan fingerprint density at radius 1 is 1.21 bits per heavy atom. The lowest BCUT2D eigenvalue weighted by Crippen LogP contribution is -2.64. The predicted octanol–water partition coefficient (Wildman–Crippen LogP) is 2.49. The van der Waals surface area contributed by atoms with Gasteiger partial charge < -0.3 is 20.0 Å². The zero-order chi connectivity index (χ0) is 20.1. The van der Waals surface area contributed by atoms with Gasteiger partial charge in [-0.05, 0) is 50.5 Å². The fraction of sp³-hybridized carbons (Fsp3) is 0.524. The maximum Gasteiger partial charge on any atom is 0.321 e. The first-order valence-electron chi connectivity index (χ1n) is 10.4. The number of nitrogens with zero attached hydrogens (tertiary/aromatic N) is 6. The van der Waals surface area contributed by atoms with Crippen LogP contribution in [-0.2, 0) is 6.54 Å². The molecule has 0 aromatic carbocycles. The van der Waals surface area contributed by atoms with E-state index in [-0.39, 0.29) is 18.1 Å². The number of aromatic nitrogens is 3. The molecule has 1 N–H and O–H groups in total. The monoisotopic (exact) mass is 393 g/mol. The second-order valence-electron chi connectivity index (χ2n) is 8.18. The van der Waals surface area contributed by atoms with Crippen LogP contribution >= 0.6 is 0 Å². The Morgan fingerprint density at radius 2 is 2.03 bits per heavy atom. The molecule has 5 heterocycles. The van der Waals surface area contributed by atoms with Crippen molar-refractivity contribution in [1.29, 1.82) is 0 Å². The molecule has 0 aliphatic carbocycles. The van der Waals surface area contributed by atoms with Gasteiger partial charge in [0.25, 0.3) is 0 Å². The SMILES string of the molecule is CCNc1nccc(N2CC(N3CCC4c5nc(C)cc(C)c5CN4C3=O)C2)n1. The van der Waals surface area contributed by atoms with Gasteiger partial charge in [-0.15, -0.1) is 0 Å². The molecule has 0 bridgehead atoms. The van der Waals surface area contributed by atoms with Crippen molar-refractivity contribution in [1.82, 2.24) is 24.8 Å². The van der Waals surface area contributed by atoms with E-state index in [9.17, 15) is 4.79 Å². The van der Waals surface area contributed by atoms with Gasteiger partial charge in [-0.2, -0.15) is 4.98 Å². The summed E-state index contributed by atoms with van der Waals surface area (Å²) in [5.41, 5.74) is 4.64. The quantitative estimate of drug-likeness (QED) is 0.860. The standard InChI is InChI=1S/C21H27N7O/c1-4-22-20-23-7-5-18(25-20)26-10-15(11-26)27-8-6-17-19-16(12-28(17)21(27)29)13(2)9-14(3)24-19/h5,7,9,15,17H,4,6,8,10-12H2,1-3H3,(H,22,23,25). The summed E-state index contributed by atoms with van der Waals surface area (Å²) in [7, 11) is 0. The van der Waals surface area contributed by atoms with Gasteiger partial charge in [0.2, 0.25) is 5.95 Å². The van der Waals surface area contributed by atoms with Crippen LogP contribution in [0.5, 0.6) is 0 Å². The van der Waals surface area contributed by atoms with E-state index in [1.165, 1.54) is 11.1 Å². The van der Waals surface area contributed by atoms with Gasteiger partial charge >= 0.3 is 6.03 Å². The van der Waals surface area contributed by atoms with Gasteiger partial charge in [0.15, 0.2) is 0 Å². The van der Waals surface area contributed by atoms with Crippen LogP contribution in [0.3, 0.4) is 0 Å². The Balaban J connectivity index is 1.27. The number of carbonyl (C=O) groups excluding carboxylic acids is 1. The summed E-state index contributed by atoms with van der Waals surface area (Å²) in [6.07, 6.45) is 2.73. The fourth-order valence-corrected chi connectivity index (χ4v) is 4.76. The highest BCUT2D eigenvalue weighted by Crippen LogP contribution is 2.41. The Kier molecular flexibility index (Phi) is 4.29.